The Morgan fingerprint density at radius 1 is 1.37 bits per heavy atom. The molecule has 3 aromatic rings. The van der Waals surface area contributed by atoms with Gasteiger partial charge in [-0.05, 0) is 23.6 Å². The maximum atomic E-state index is 5.88. The minimum Gasteiger partial charge on any atom is -0.497 e. The molecule has 0 saturated carbocycles. The van der Waals surface area contributed by atoms with Crippen LogP contribution in [0.1, 0.15) is 5.82 Å². The van der Waals surface area contributed by atoms with Crippen molar-refractivity contribution in [1.29, 1.82) is 0 Å². The predicted octanol–water partition coefficient (Wildman–Crippen LogP) is 3.88. The van der Waals surface area contributed by atoms with Crippen LogP contribution in [-0.2, 0) is 6.42 Å². The number of thiophene rings is 1. The van der Waals surface area contributed by atoms with Gasteiger partial charge in [-0.2, -0.15) is 11.3 Å². The normalized spacial score (nSPS) is 11.1. The number of fused-ring (bicyclic) bond motifs is 1. The molecule has 0 atom stereocenters. The van der Waals surface area contributed by atoms with Gasteiger partial charge in [-0.15, -0.1) is 11.6 Å². The number of hydrogen-bond donors (Lipinski definition) is 0. The summed E-state index contributed by atoms with van der Waals surface area (Å²) in [4.78, 5) is 4.66. The second-order valence-electron chi connectivity index (χ2n) is 4.14. The average Bonchev–Trinajstić information content (AvgIpc) is 3.04. The van der Waals surface area contributed by atoms with Crippen LogP contribution in [0.4, 0.5) is 0 Å². The Kier molecular flexibility index (Phi) is 3.44. The van der Waals surface area contributed by atoms with Gasteiger partial charge >= 0.3 is 0 Å². The fraction of sp³-hybridized carbons (Fsp3) is 0.214. The van der Waals surface area contributed by atoms with Gasteiger partial charge in [-0.3, -0.25) is 4.57 Å². The number of nitrogens with zero attached hydrogens (tertiary/aromatic N) is 2. The SMILES string of the molecule is COc1ccc2nc(CCCl)n(-c3ccsc3)c2c1. The number of halogens is 1. The van der Waals surface area contributed by atoms with Crippen LogP contribution in [0.25, 0.3) is 16.7 Å². The van der Waals surface area contributed by atoms with Crippen molar-refractivity contribution in [2.45, 2.75) is 6.42 Å². The Hall–Kier alpha value is -1.52. The van der Waals surface area contributed by atoms with E-state index in [0.29, 0.717) is 5.88 Å². The van der Waals surface area contributed by atoms with Gasteiger partial charge in [-0.1, -0.05) is 0 Å². The Morgan fingerprint density at radius 2 is 2.26 bits per heavy atom. The van der Waals surface area contributed by atoms with Crippen molar-refractivity contribution < 1.29 is 4.74 Å². The molecule has 0 spiro atoms. The molecule has 1 aromatic carbocycles. The summed E-state index contributed by atoms with van der Waals surface area (Å²) < 4.78 is 7.45. The summed E-state index contributed by atoms with van der Waals surface area (Å²) >= 11 is 7.55. The molecule has 0 aliphatic rings. The highest BCUT2D eigenvalue weighted by molar-refractivity contribution is 7.08. The van der Waals surface area contributed by atoms with Gasteiger partial charge in [0.05, 0.1) is 23.8 Å². The summed E-state index contributed by atoms with van der Waals surface area (Å²) in [5, 5.41) is 4.17. The summed E-state index contributed by atoms with van der Waals surface area (Å²) in [6, 6.07) is 8.01. The lowest BCUT2D eigenvalue weighted by Gasteiger charge is -2.06. The number of methoxy groups -OCH3 is 1. The zero-order valence-corrected chi connectivity index (χ0v) is 12.0. The molecule has 0 amide bonds. The highest BCUT2D eigenvalue weighted by Gasteiger charge is 2.13. The molecule has 19 heavy (non-hydrogen) atoms. The minimum atomic E-state index is 0.560. The molecule has 5 heteroatoms. The third-order valence-corrected chi connectivity index (χ3v) is 3.87. The van der Waals surface area contributed by atoms with Gasteiger partial charge in [-0.25, -0.2) is 4.98 Å². The Bertz CT molecular complexity index is 691. The molecule has 2 heterocycles. The largest absolute Gasteiger partial charge is 0.497 e. The summed E-state index contributed by atoms with van der Waals surface area (Å²) in [5.41, 5.74) is 3.14. The summed E-state index contributed by atoms with van der Waals surface area (Å²) in [7, 11) is 1.67. The molecule has 2 aromatic heterocycles. The van der Waals surface area contributed by atoms with Gasteiger partial charge in [0.15, 0.2) is 0 Å². The van der Waals surface area contributed by atoms with Gasteiger partial charge in [0.25, 0.3) is 0 Å². The second kappa shape index (κ2) is 5.23. The zero-order chi connectivity index (χ0) is 13.2. The molecule has 0 fully saturated rings. The van der Waals surface area contributed by atoms with E-state index in [0.717, 1.165) is 34.7 Å². The molecule has 0 bridgehead atoms. The van der Waals surface area contributed by atoms with Crippen LogP contribution in [0.3, 0.4) is 0 Å². The van der Waals surface area contributed by atoms with Crippen molar-refractivity contribution in [2.75, 3.05) is 13.0 Å². The van der Waals surface area contributed by atoms with Crippen molar-refractivity contribution in [3.63, 3.8) is 0 Å². The van der Waals surface area contributed by atoms with Crippen LogP contribution in [0.2, 0.25) is 0 Å². The molecule has 0 unspecified atom stereocenters. The third-order valence-electron chi connectivity index (χ3n) is 3.01. The molecule has 3 nitrogen and oxygen atoms in total. The van der Waals surface area contributed by atoms with E-state index < -0.39 is 0 Å². The van der Waals surface area contributed by atoms with E-state index in [1.165, 1.54) is 0 Å². The Labute approximate surface area is 120 Å². The maximum absolute atomic E-state index is 5.88. The lowest BCUT2D eigenvalue weighted by Crippen LogP contribution is -2.01. The topological polar surface area (TPSA) is 27.1 Å². The first kappa shape index (κ1) is 12.5. The van der Waals surface area contributed by atoms with Gasteiger partial charge in [0, 0.05) is 23.7 Å². The Balaban J connectivity index is 2.27. The Morgan fingerprint density at radius 3 is 2.95 bits per heavy atom. The average molecular weight is 293 g/mol. The van der Waals surface area contributed by atoms with E-state index in [-0.39, 0.29) is 0 Å². The molecule has 0 aliphatic heterocycles. The zero-order valence-electron chi connectivity index (χ0n) is 10.5. The van der Waals surface area contributed by atoms with E-state index in [9.17, 15) is 0 Å². The number of alkyl halides is 1. The van der Waals surface area contributed by atoms with Gasteiger partial charge < -0.3 is 4.74 Å². The molecule has 98 valence electrons. The number of aromatic nitrogens is 2. The first-order valence-corrected chi connectivity index (χ1v) is 7.45. The smallest absolute Gasteiger partial charge is 0.121 e. The van der Waals surface area contributed by atoms with Crippen LogP contribution in [0, 0.1) is 0 Å². The minimum absolute atomic E-state index is 0.560. The summed E-state index contributed by atoms with van der Waals surface area (Å²) in [5.74, 6) is 2.38. The summed E-state index contributed by atoms with van der Waals surface area (Å²) in [6.07, 6.45) is 0.744. The van der Waals surface area contributed by atoms with E-state index in [4.69, 9.17) is 16.3 Å². The molecule has 0 aliphatic carbocycles. The number of benzene rings is 1. The molecule has 0 radical (unpaired) electrons. The number of hydrogen-bond acceptors (Lipinski definition) is 3. The van der Waals surface area contributed by atoms with E-state index in [1.54, 1.807) is 18.4 Å². The van der Waals surface area contributed by atoms with Crippen LogP contribution in [0.15, 0.2) is 35.0 Å². The van der Waals surface area contributed by atoms with Gasteiger partial charge in [0.2, 0.25) is 0 Å². The fourth-order valence-electron chi connectivity index (χ4n) is 2.16. The first-order valence-electron chi connectivity index (χ1n) is 5.97. The van der Waals surface area contributed by atoms with Crippen LogP contribution < -0.4 is 4.74 Å². The third kappa shape index (κ3) is 2.22. The lowest BCUT2D eigenvalue weighted by molar-refractivity contribution is 0.415. The molecular formula is C14H13ClN2OS. The van der Waals surface area contributed by atoms with Crippen LogP contribution in [0.5, 0.6) is 5.75 Å². The quantitative estimate of drug-likeness (QED) is 0.682. The molecule has 0 N–H and O–H groups in total. The van der Waals surface area contributed by atoms with E-state index in [2.05, 4.69) is 26.4 Å². The number of ether oxygens (including phenoxy) is 1. The maximum Gasteiger partial charge on any atom is 0.121 e. The lowest BCUT2D eigenvalue weighted by atomic mass is 10.3. The second-order valence-corrected chi connectivity index (χ2v) is 5.30. The van der Waals surface area contributed by atoms with E-state index >= 15 is 0 Å². The van der Waals surface area contributed by atoms with Crippen molar-refractivity contribution in [3.05, 3.63) is 40.8 Å². The number of aryl methyl sites for hydroxylation is 1. The molecule has 0 saturated heterocycles. The van der Waals surface area contributed by atoms with Gasteiger partial charge in [0.1, 0.15) is 11.6 Å². The fourth-order valence-corrected chi connectivity index (χ4v) is 2.95. The molecular weight excluding hydrogens is 280 g/mol. The highest BCUT2D eigenvalue weighted by Crippen LogP contribution is 2.26. The van der Waals surface area contributed by atoms with Crippen molar-refractivity contribution in [1.82, 2.24) is 9.55 Å². The standard InChI is InChI=1S/C14H13ClN2OS/c1-18-11-2-3-12-13(8-11)17(10-5-7-19-9-10)14(16-12)4-6-15/h2-3,5,7-9H,4,6H2,1H3. The van der Waals surface area contributed by atoms with Crippen molar-refractivity contribution in [2.24, 2.45) is 0 Å². The highest BCUT2D eigenvalue weighted by atomic mass is 35.5. The number of imidazole rings is 1. The number of rotatable bonds is 4. The monoisotopic (exact) mass is 292 g/mol. The van der Waals surface area contributed by atoms with E-state index in [1.807, 2.05) is 18.2 Å². The van der Waals surface area contributed by atoms with Crippen LogP contribution in [-0.4, -0.2) is 22.5 Å². The molecule has 3 rings (SSSR count). The summed E-state index contributed by atoms with van der Waals surface area (Å²) in [6.45, 7) is 0. The predicted molar refractivity (Wildman–Crippen MR) is 79.9 cm³/mol. The van der Waals surface area contributed by atoms with Crippen molar-refractivity contribution in [3.8, 4) is 11.4 Å². The van der Waals surface area contributed by atoms with Crippen LogP contribution >= 0.6 is 22.9 Å². The van der Waals surface area contributed by atoms with Crippen molar-refractivity contribution >= 4 is 34.0 Å². The first-order chi connectivity index (χ1) is 9.33.